The van der Waals surface area contributed by atoms with Gasteiger partial charge in [-0.15, -0.1) is 0 Å². The van der Waals surface area contributed by atoms with E-state index >= 15 is 0 Å². The first-order valence-electron chi connectivity index (χ1n) is 0.447. The summed E-state index contributed by atoms with van der Waals surface area (Å²) in [6, 6.07) is 0. The van der Waals surface area contributed by atoms with Gasteiger partial charge in [0.15, 0.2) is 0 Å². The third kappa shape index (κ3) is 27.4. The quantitative estimate of drug-likeness (QED) is 0.466. The first-order chi connectivity index (χ1) is 1.41. The fourth-order valence-corrected chi connectivity index (χ4v) is 0. The number of hydrogen-bond acceptors (Lipinski definition) is 2. The number of rotatable bonds is 0. The zero-order chi connectivity index (χ0) is 2.71. The van der Waals surface area contributed by atoms with Crippen LogP contribution in [0.2, 0.25) is 0 Å². The molecule has 0 amide bonds. The van der Waals surface area contributed by atoms with Crippen LogP contribution in [-0.4, -0.2) is 56.5 Å². The third-order valence-corrected chi connectivity index (χ3v) is 0. The van der Waals surface area contributed by atoms with Crippen LogP contribution in [-0.2, 0) is 22.4 Å². The normalized spacial score (nSPS) is 1.40. The molecular formula is CH2AuKNO. The molecule has 2 nitrogen and oxygen atoms in total. The van der Waals surface area contributed by atoms with Gasteiger partial charge < -0.3 is 5.11 Å². The van der Waals surface area contributed by atoms with Crippen molar-refractivity contribution in [3.05, 3.63) is 0 Å². The van der Waals surface area contributed by atoms with E-state index in [9.17, 15) is 0 Å². The summed E-state index contributed by atoms with van der Waals surface area (Å²) in [7, 11) is 0. The Morgan fingerprint density at radius 3 is 1.60 bits per heavy atom. The van der Waals surface area contributed by atoms with E-state index in [1.807, 2.05) is 0 Å². The zero-order valence-corrected chi connectivity index (χ0v) is 3.86. The summed E-state index contributed by atoms with van der Waals surface area (Å²) >= 11 is 0. The van der Waals surface area contributed by atoms with E-state index in [0.717, 1.165) is 6.26 Å². The Bertz CT molecular complexity index is 33.1. The summed E-state index contributed by atoms with van der Waals surface area (Å²) in [4.78, 5) is 0. The van der Waals surface area contributed by atoms with Crippen molar-refractivity contribution in [2.24, 2.45) is 0 Å². The van der Waals surface area contributed by atoms with E-state index in [1.165, 1.54) is 0 Å². The van der Waals surface area contributed by atoms with Gasteiger partial charge in [-0.25, -0.2) is 0 Å². The first-order valence-corrected chi connectivity index (χ1v) is 0.447. The molecule has 0 aliphatic heterocycles. The molecule has 0 bridgehead atoms. The van der Waals surface area contributed by atoms with Crippen molar-refractivity contribution in [3.63, 3.8) is 0 Å². The molecule has 5 heavy (non-hydrogen) atoms. The van der Waals surface area contributed by atoms with E-state index in [-0.39, 0.29) is 73.8 Å². The number of aliphatic hydroxyl groups is 1. The molecule has 0 aliphatic rings. The van der Waals surface area contributed by atoms with Crippen molar-refractivity contribution in [2.45, 2.75) is 0 Å². The number of hydrogen-bond donors (Lipinski definition) is 1. The fourth-order valence-electron chi connectivity index (χ4n) is 0. The van der Waals surface area contributed by atoms with Gasteiger partial charge in [-0.2, -0.15) is 5.26 Å². The van der Waals surface area contributed by atoms with Crippen molar-refractivity contribution >= 4 is 51.4 Å². The Kier molecular flexibility index (Phi) is 55.3. The maximum absolute atomic E-state index is 6.88. The molecule has 4 heteroatoms. The van der Waals surface area contributed by atoms with Crippen LogP contribution in [0.4, 0.5) is 0 Å². The van der Waals surface area contributed by atoms with E-state index in [0.29, 0.717) is 0 Å². The summed E-state index contributed by atoms with van der Waals surface area (Å²) in [6.45, 7) is 0. The molecule has 29 valence electrons. The molecule has 0 saturated carbocycles. The average Bonchev–Trinajstić information content (AvgIpc) is 0.918. The number of aliphatic hydroxyl groups excluding tert-OH is 1. The molecule has 0 atom stereocenters. The van der Waals surface area contributed by atoms with E-state index in [2.05, 4.69) is 0 Å². The van der Waals surface area contributed by atoms with Gasteiger partial charge in [0.1, 0.15) is 0 Å². The van der Waals surface area contributed by atoms with Crippen LogP contribution in [0.15, 0.2) is 0 Å². The average molecular weight is 280 g/mol. The van der Waals surface area contributed by atoms with Crippen molar-refractivity contribution in [2.75, 3.05) is 0 Å². The van der Waals surface area contributed by atoms with Gasteiger partial charge in [-0.05, 0) is 0 Å². The molecule has 1 radical (unpaired) electrons. The molecule has 0 rings (SSSR count). The number of nitrogens with zero attached hydrogens (tertiary/aromatic N) is 1. The van der Waals surface area contributed by atoms with Crippen LogP contribution in [0, 0.1) is 11.5 Å². The van der Waals surface area contributed by atoms with Crippen molar-refractivity contribution in [3.8, 4) is 6.26 Å². The second-order valence-corrected chi connectivity index (χ2v) is 0.100. The molecule has 0 aliphatic carbocycles. The van der Waals surface area contributed by atoms with Crippen LogP contribution in [0.5, 0.6) is 0 Å². The van der Waals surface area contributed by atoms with Gasteiger partial charge in [0.2, 0.25) is 0 Å². The summed E-state index contributed by atoms with van der Waals surface area (Å²) in [6.07, 6.45) is 0.750. The summed E-state index contributed by atoms with van der Waals surface area (Å²) in [5, 5.41) is 13.8. The van der Waals surface area contributed by atoms with Crippen LogP contribution >= 0.6 is 0 Å². The van der Waals surface area contributed by atoms with Crippen molar-refractivity contribution in [1.82, 2.24) is 0 Å². The van der Waals surface area contributed by atoms with Crippen LogP contribution < -0.4 is 0 Å². The summed E-state index contributed by atoms with van der Waals surface area (Å²) in [5.74, 6) is 0. The van der Waals surface area contributed by atoms with Crippen molar-refractivity contribution in [1.29, 1.82) is 5.26 Å². The Morgan fingerprint density at radius 2 is 1.60 bits per heavy atom. The third-order valence-electron chi connectivity index (χ3n) is 0. The second-order valence-electron chi connectivity index (χ2n) is 0.100. The molecule has 0 heterocycles. The molecule has 0 fully saturated rings. The Morgan fingerprint density at radius 1 is 1.60 bits per heavy atom. The van der Waals surface area contributed by atoms with Crippen LogP contribution in [0.1, 0.15) is 0 Å². The summed E-state index contributed by atoms with van der Waals surface area (Å²) < 4.78 is 0. The Hall–Kier alpha value is 1.67. The van der Waals surface area contributed by atoms with Gasteiger partial charge in [0, 0.05) is 22.4 Å². The van der Waals surface area contributed by atoms with Crippen LogP contribution in [0.25, 0.3) is 0 Å². The molecule has 1 N–H and O–H groups in total. The second kappa shape index (κ2) is 17.4. The molecule has 0 unspecified atom stereocenters. The molecule has 0 saturated heterocycles. The zero-order valence-electron chi connectivity index (χ0n) is 1.70. The molecule has 0 aromatic carbocycles. The van der Waals surface area contributed by atoms with Crippen molar-refractivity contribution < 1.29 is 27.5 Å². The molecule has 0 aromatic rings. The minimum atomic E-state index is 0. The topological polar surface area (TPSA) is 44.0 Å². The number of nitriles is 1. The molecule has 0 spiro atoms. The SMILES string of the molecule is N#CO.[Au].[KH]. The standard InChI is InChI=1S/CHNO.Au.K.H/c2-1-3;;;/h3H;;;. The van der Waals surface area contributed by atoms with E-state index in [4.69, 9.17) is 10.4 Å². The Balaban J connectivity index is -0.0000000200. The van der Waals surface area contributed by atoms with E-state index in [1.54, 1.807) is 0 Å². The Labute approximate surface area is 88.5 Å². The fraction of sp³-hybridized carbons (Fsp3) is 0. The monoisotopic (exact) mass is 280 g/mol. The predicted octanol–water partition coefficient (Wildman–Crippen LogP) is -0.811. The van der Waals surface area contributed by atoms with Gasteiger partial charge in [-0.3, -0.25) is 0 Å². The molecular weight excluding hydrogens is 278 g/mol. The van der Waals surface area contributed by atoms with Crippen LogP contribution in [0.3, 0.4) is 0 Å². The minimum absolute atomic E-state index is 0. The maximum atomic E-state index is 6.88. The van der Waals surface area contributed by atoms with Gasteiger partial charge in [0.05, 0.1) is 0 Å². The van der Waals surface area contributed by atoms with E-state index < -0.39 is 0 Å². The molecule has 0 aromatic heterocycles. The van der Waals surface area contributed by atoms with Gasteiger partial charge >= 0.3 is 51.4 Å². The van der Waals surface area contributed by atoms with Gasteiger partial charge in [0.25, 0.3) is 6.26 Å². The van der Waals surface area contributed by atoms with Gasteiger partial charge in [-0.1, -0.05) is 0 Å². The predicted molar refractivity (Wildman–Crippen MR) is 14.7 cm³/mol. The first kappa shape index (κ1) is 15.9. The summed E-state index contributed by atoms with van der Waals surface area (Å²) in [5.41, 5.74) is 0.